The molecule has 4 rings (SSSR count). The quantitative estimate of drug-likeness (QED) is 0.781. The van der Waals surface area contributed by atoms with Crippen molar-refractivity contribution in [2.24, 2.45) is 0 Å². The Morgan fingerprint density at radius 2 is 2.12 bits per heavy atom. The maximum absolute atomic E-state index is 13.0. The first kappa shape index (κ1) is 15.7. The number of aryl methyl sites for hydroxylation is 2. The smallest absolute Gasteiger partial charge is 0.253 e. The number of hydrogen-bond acceptors (Lipinski definition) is 4. The minimum Gasteiger partial charge on any atom is -0.342 e. The highest BCUT2D eigenvalue weighted by molar-refractivity contribution is 5.97. The number of fused-ring (bicyclic) bond motifs is 1. The molecule has 0 saturated carbocycles. The van der Waals surface area contributed by atoms with E-state index in [1.165, 1.54) is 0 Å². The third-order valence-corrected chi connectivity index (χ3v) is 4.77. The Morgan fingerprint density at radius 3 is 2.96 bits per heavy atom. The zero-order valence-electron chi connectivity index (χ0n) is 14.5. The fraction of sp³-hybridized carbons (Fsp3) is 0.368. The van der Waals surface area contributed by atoms with Gasteiger partial charge < -0.3 is 9.88 Å². The Hall–Kier alpha value is -2.76. The summed E-state index contributed by atoms with van der Waals surface area (Å²) < 4.78 is 0. The van der Waals surface area contributed by atoms with Gasteiger partial charge in [-0.25, -0.2) is 15.0 Å². The largest absolute Gasteiger partial charge is 0.342 e. The lowest BCUT2D eigenvalue weighted by molar-refractivity contribution is 0.0706. The molecular weight excluding hydrogens is 314 g/mol. The average molecular weight is 335 g/mol. The number of rotatable bonds is 2. The first-order valence-corrected chi connectivity index (χ1v) is 8.65. The van der Waals surface area contributed by atoms with Crippen LogP contribution in [0.4, 0.5) is 0 Å². The topological polar surface area (TPSA) is 74.8 Å². The van der Waals surface area contributed by atoms with Gasteiger partial charge in [0.25, 0.3) is 5.91 Å². The van der Waals surface area contributed by atoms with Crippen LogP contribution in [0.3, 0.4) is 0 Å². The summed E-state index contributed by atoms with van der Waals surface area (Å²) in [6.07, 6.45) is 3.84. The highest BCUT2D eigenvalue weighted by Gasteiger charge is 2.26. The Kier molecular flexibility index (Phi) is 3.95. The van der Waals surface area contributed by atoms with Crippen LogP contribution in [-0.2, 0) is 0 Å². The molecule has 0 bridgehead atoms. The standard InChI is InChI=1S/C19H21N5O/c1-12-20-8-7-16(21-12)15-4-3-9-24(11-15)19(25)14-5-6-17-18(10-14)23-13(2)22-17/h5-8,10,15H,3-4,9,11H2,1-2H3,(H,22,23)/t15-/m1/s1. The SMILES string of the molecule is Cc1nccc([C@@H]2CCCN(C(=O)c3ccc4nc(C)[nH]c4c3)C2)n1. The van der Waals surface area contributed by atoms with E-state index < -0.39 is 0 Å². The predicted molar refractivity (Wildman–Crippen MR) is 95.5 cm³/mol. The number of likely N-dealkylation sites (tertiary alicyclic amines) is 1. The zero-order valence-corrected chi connectivity index (χ0v) is 14.5. The number of hydrogen-bond donors (Lipinski definition) is 1. The van der Waals surface area contributed by atoms with Crippen LogP contribution in [0, 0.1) is 13.8 Å². The summed E-state index contributed by atoms with van der Waals surface area (Å²) in [5.74, 6) is 1.99. The number of aromatic nitrogens is 4. The van der Waals surface area contributed by atoms with Gasteiger partial charge in [0.05, 0.1) is 11.0 Å². The molecule has 1 aliphatic rings. The number of H-pyrrole nitrogens is 1. The molecule has 128 valence electrons. The van der Waals surface area contributed by atoms with Crippen molar-refractivity contribution in [3.05, 3.63) is 53.4 Å². The third-order valence-electron chi connectivity index (χ3n) is 4.77. The summed E-state index contributed by atoms with van der Waals surface area (Å²) in [7, 11) is 0. The Bertz CT molecular complexity index is 932. The van der Waals surface area contributed by atoms with Gasteiger partial charge in [0.15, 0.2) is 0 Å². The molecule has 1 atom stereocenters. The van der Waals surface area contributed by atoms with Crippen LogP contribution >= 0.6 is 0 Å². The zero-order chi connectivity index (χ0) is 17.4. The summed E-state index contributed by atoms with van der Waals surface area (Å²) in [5, 5.41) is 0. The molecule has 0 radical (unpaired) electrons. The summed E-state index contributed by atoms with van der Waals surface area (Å²) in [5.41, 5.74) is 3.53. The van der Waals surface area contributed by atoms with Crippen molar-refractivity contribution < 1.29 is 4.79 Å². The number of nitrogens with one attached hydrogen (secondary N) is 1. The Labute approximate surface area is 146 Å². The molecular formula is C19H21N5O. The molecule has 6 heteroatoms. The highest BCUT2D eigenvalue weighted by atomic mass is 16.2. The van der Waals surface area contributed by atoms with Crippen LogP contribution in [0.2, 0.25) is 0 Å². The van der Waals surface area contributed by atoms with E-state index in [0.29, 0.717) is 12.1 Å². The van der Waals surface area contributed by atoms with E-state index in [1.807, 2.05) is 43.0 Å². The van der Waals surface area contributed by atoms with Gasteiger partial charge in [-0.05, 0) is 51.0 Å². The normalized spacial score (nSPS) is 17.8. The van der Waals surface area contributed by atoms with Crippen molar-refractivity contribution in [2.45, 2.75) is 32.6 Å². The number of carbonyl (C=O) groups excluding carboxylic acids is 1. The van der Waals surface area contributed by atoms with Crippen LogP contribution in [0.25, 0.3) is 11.0 Å². The maximum atomic E-state index is 13.0. The van der Waals surface area contributed by atoms with E-state index in [4.69, 9.17) is 0 Å². The van der Waals surface area contributed by atoms with Gasteiger partial charge >= 0.3 is 0 Å². The van der Waals surface area contributed by atoms with E-state index in [2.05, 4.69) is 19.9 Å². The van der Waals surface area contributed by atoms with Crippen molar-refractivity contribution in [1.82, 2.24) is 24.8 Å². The second-order valence-electron chi connectivity index (χ2n) is 6.67. The number of piperidine rings is 1. The molecule has 25 heavy (non-hydrogen) atoms. The molecule has 0 spiro atoms. The third kappa shape index (κ3) is 3.12. The first-order valence-electron chi connectivity index (χ1n) is 8.65. The number of benzene rings is 1. The molecule has 1 aliphatic heterocycles. The molecule has 2 aromatic heterocycles. The number of amides is 1. The van der Waals surface area contributed by atoms with Gasteiger partial charge in [-0.1, -0.05) is 0 Å². The second kappa shape index (κ2) is 6.27. The van der Waals surface area contributed by atoms with Crippen molar-refractivity contribution in [1.29, 1.82) is 0 Å². The Morgan fingerprint density at radius 1 is 1.24 bits per heavy atom. The highest BCUT2D eigenvalue weighted by Crippen LogP contribution is 2.27. The average Bonchev–Trinajstić information content (AvgIpc) is 3.00. The van der Waals surface area contributed by atoms with Crippen molar-refractivity contribution in [2.75, 3.05) is 13.1 Å². The molecule has 1 amide bonds. The molecule has 0 aliphatic carbocycles. The lowest BCUT2D eigenvalue weighted by atomic mass is 9.94. The van der Waals surface area contributed by atoms with Crippen LogP contribution in [0.15, 0.2) is 30.5 Å². The van der Waals surface area contributed by atoms with Crippen molar-refractivity contribution in [3.63, 3.8) is 0 Å². The number of carbonyl (C=O) groups is 1. The van der Waals surface area contributed by atoms with Gasteiger partial charge in [0, 0.05) is 36.5 Å². The van der Waals surface area contributed by atoms with Crippen LogP contribution in [0.1, 0.15) is 46.5 Å². The predicted octanol–water partition coefficient (Wildman–Crippen LogP) is 2.99. The van der Waals surface area contributed by atoms with E-state index in [1.54, 1.807) is 6.20 Å². The fourth-order valence-corrected chi connectivity index (χ4v) is 3.56. The summed E-state index contributed by atoms with van der Waals surface area (Å²) in [6.45, 7) is 5.31. The minimum atomic E-state index is 0.0737. The van der Waals surface area contributed by atoms with Gasteiger partial charge in [0.1, 0.15) is 11.6 Å². The van der Waals surface area contributed by atoms with Crippen molar-refractivity contribution in [3.8, 4) is 0 Å². The second-order valence-corrected chi connectivity index (χ2v) is 6.67. The van der Waals surface area contributed by atoms with E-state index >= 15 is 0 Å². The van der Waals surface area contributed by atoms with Gasteiger partial charge in [-0.3, -0.25) is 4.79 Å². The molecule has 3 aromatic rings. The van der Waals surface area contributed by atoms with Gasteiger partial charge in [0.2, 0.25) is 0 Å². The lowest BCUT2D eigenvalue weighted by Gasteiger charge is -2.32. The molecule has 3 heterocycles. The van der Waals surface area contributed by atoms with Crippen LogP contribution in [-0.4, -0.2) is 43.8 Å². The number of imidazole rings is 1. The fourth-order valence-electron chi connectivity index (χ4n) is 3.56. The minimum absolute atomic E-state index is 0.0737. The maximum Gasteiger partial charge on any atom is 0.253 e. The van der Waals surface area contributed by atoms with E-state index in [-0.39, 0.29) is 11.8 Å². The summed E-state index contributed by atoms with van der Waals surface area (Å²) in [6, 6.07) is 7.63. The Balaban J connectivity index is 1.56. The van der Waals surface area contributed by atoms with Crippen molar-refractivity contribution >= 4 is 16.9 Å². The molecule has 1 saturated heterocycles. The lowest BCUT2D eigenvalue weighted by Crippen LogP contribution is -2.39. The monoisotopic (exact) mass is 335 g/mol. The molecule has 0 unspecified atom stereocenters. The summed E-state index contributed by atoms with van der Waals surface area (Å²) in [4.78, 5) is 31.2. The van der Waals surface area contributed by atoms with Gasteiger partial charge in [-0.2, -0.15) is 0 Å². The molecule has 1 aromatic carbocycles. The van der Waals surface area contributed by atoms with Crippen LogP contribution in [0.5, 0.6) is 0 Å². The van der Waals surface area contributed by atoms with Gasteiger partial charge in [-0.15, -0.1) is 0 Å². The van der Waals surface area contributed by atoms with Crippen LogP contribution < -0.4 is 0 Å². The first-order chi connectivity index (χ1) is 12.1. The summed E-state index contributed by atoms with van der Waals surface area (Å²) >= 11 is 0. The molecule has 6 nitrogen and oxygen atoms in total. The number of aromatic amines is 1. The molecule has 1 fully saturated rings. The molecule has 1 N–H and O–H groups in total. The van der Waals surface area contributed by atoms with E-state index in [9.17, 15) is 4.79 Å². The van der Waals surface area contributed by atoms with E-state index in [0.717, 1.165) is 47.8 Å². The number of nitrogens with zero attached hydrogens (tertiary/aromatic N) is 4.